The van der Waals surface area contributed by atoms with Gasteiger partial charge in [0.05, 0.1) is 6.61 Å². The van der Waals surface area contributed by atoms with E-state index in [0.29, 0.717) is 11.4 Å². The monoisotopic (exact) mass is 221 g/mol. The van der Waals surface area contributed by atoms with Gasteiger partial charge in [-0.15, -0.1) is 11.6 Å². The predicted octanol–water partition coefficient (Wildman–Crippen LogP) is 1.40. The first-order chi connectivity index (χ1) is 6.83. The summed E-state index contributed by atoms with van der Waals surface area (Å²) in [7, 11) is 1.71. The van der Waals surface area contributed by atoms with Crippen molar-refractivity contribution in [2.75, 3.05) is 33.5 Å². The van der Waals surface area contributed by atoms with Crippen molar-refractivity contribution >= 4 is 11.6 Å². The van der Waals surface area contributed by atoms with E-state index in [4.69, 9.17) is 21.1 Å². The van der Waals surface area contributed by atoms with Crippen LogP contribution in [-0.4, -0.2) is 44.9 Å². The summed E-state index contributed by atoms with van der Waals surface area (Å²) in [6.45, 7) is 3.29. The summed E-state index contributed by atoms with van der Waals surface area (Å²) in [6, 6.07) is 0.625. The molecule has 0 amide bonds. The van der Waals surface area contributed by atoms with Gasteiger partial charge in [0.25, 0.3) is 0 Å². The molecule has 1 aliphatic carbocycles. The van der Waals surface area contributed by atoms with Crippen LogP contribution in [0.15, 0.2) is 0 Å². The Morgan fingerprint density at radius 1 is 1.29 bits per heavy atom. The van der Waals surface area contributed by atoms with Gasteiger partial charge >= 0.3 is 0 Å². The minimum absolute atomic E-state index is 0.398. The van der Waals surface area contributed by atoms with Crippen molar-refractivity contribution < 1.29 is 9.47 Å². The maximum atomic E-state index is 5.86. The van der Waals surface area contributed by atoms with Crippen molar-refractivity contribution in [1.82, 2.24) is 5.32 Å². The molecule has 84 valence electrons. The van der Waals surface area contributed by atoms with Gasteiger partial charge in [-0.05, 0) is 19.3 Å². The Labute approximate surface area is 91.1 Å². The van der Waals surface area contributed by atoms with Crippen LogP contribution in [0.3, 0.4) is 0 Å². The minimum atomic E-state index is 0.398. The van der Waals surface area contributed by atoms with Gasteiger partial charge in [0, 0.05) is 38.3 Å². The van der Waals surface area contributed by atoms with E-state index < -0.39 is 0 Å². The maximum Gasteiger partial charge on any atom is 0.0591 e. The van der Waals surface area contributed by atoms with Crippen LogP contribution in [0.25, 0.3) is 0 Å². The summed E-state index contributed by atoms with van der Waals surface area (Å²) >= 11 is 5.86. The van der Waals surface area contributed by atoms with Crippen LogP contribution in [0.5, 0.6) is 0 Å². The second-order valence-electron chi connectivity index (χ2n) is 3.68. The average Bonchev–Trinajstić information content (AvgIpc) is 2.13. The number of halogens is 1. The topological polar surface area (TPSA) is 30.5 Å². The lowest BCUT2D eigenvalue weighted by molar-refractivity contribution is 0.101. The smallest absolute Gasteiger partial charge is 0.0591 e. The molecule has 1 rings (SSSR count). The standard InChI is InChI=1S/C10H20ClNO2/c1-13-4-2-5-14-6-3-12-10-7-9(11)8-10/h9-10,12H,2-8H2,1H3. The van der Waals surface area contributed by atoms with E-state index in [2.05, 4.69) is 5.32 Å². The van der Waals surface area contributed by atoms with Gasteiger partial charge in [-0.25, -0.2) is 0 Å². The van der Waals surface area contributed by atoms with Gasteiger partial charge in [0.15, 0.2) is 0 Å². The number of ether oxygens (including phenoxy) is 2. The highest BCUT2D eigenvalue weighted by molar-refractivity contribution is 6.21. The van der Waals surface area contributed by atoms with E-state index >= 15 is 0 Å². The average molecular weight is 222 g/mol. The van der Waals surface area contributed by atoms with Crippen LogP contribution in [0.2, 0.25) is 0 Å². The molecule has 14 heavy (non-hydrogen) atoms. The van der Waals surface area contributed by atoms with E-state index in [0.717, 1.165) is 45.6 Å². The van der Waals surface area contributed by atoms with E-state index in [1.54, 1.807) is 7.11 Å². The third-order valence-electron chi connectivity index (χ3n) is 2.40. The highest BCUT2D eigenvalue weighted by Gasteiger charge is 2.25. The minimum Gasteiger partial charge on any atom is -0.385 e. The van der Waals surface area contributed by atoms with Crippen LogP contribution in [0.4, 0.5) is 0 Å². The van der Waals surface area contributed by atoms with E-state index in [-0.39, 0.29) is 0 Å². The lowest BCUT2D eigenvalue weighted by Crippen LogP contribution is -2.43. The molecule has 1 saturated carbocycles. The molecular weight excluding hydrogens is 202 g/mol. The molecule has 0 bridgehead atoms. The molecular formula is C10H20ClNO2. The zero-order valence-corrected chi connectivity index (χ0v) is 9.55. The van der Waals surface area contributed by atoms with Crippen LogP contribution >= 0.6 is 11.6 Å². The molecule has 0 spiro atoms. The lowest BCUT2D eigenvalue weighted by atomic mass is 9.92. The van der Waals surface area contributed by atoms with Gasteiger partial charge in [-0.3, -0.25) is 0 Å². The SMILES string of the molecule is COCCCOCCNC1CC(Cl)C1. The highest BCUT2D eigenvalue weighted by Crippen LogP contribution is 2.24. The first-order valence-corrected chi connectivity index (χ1v) is 5.70. The van der Waals surface area contributed by atoms with Gasteiger partial charge < -0.3 is 14.8 Å². The fourth-order valence-electron chi connectivity index (χ4n) is 1.46. The van der Waals surface area contributed by atoms with Crippen molar-refractivity contribution in [3.63, 3.8) is 0 Å². The van der Waals surface area contributed by atoms with Crippen molar-refractivity contribution in [1.29, 1.82) is 0 Å². The summed E-state index contributed by atoms with van der Waals surface area (Å²) in [5, 5.41) is 3.80. The predicted molar refractivity (Wildman–Crippen MR) is 58.0 cm³/mol. The van der Waals surface area contributed by atoms with Crippen molar-refractivity contribution in [2.24, 2.45) is 0 Å². The molecule has 1 aliphatic rings. The molecule has 0 atom stereocenters. The Kier molecular flexibility index (Phi) is 6.52. The zero-order chi connectivity index (χ0) is 10.2. The molecule has 4 heteroatoms. The van der Waals surface area contributed by atoms with Gasteiger partial charge in [-0.2, -0.15) is 0 Å². The number of hydrogen-bond acceptors (Lipinski definition) is 3. The second-order valence-corrected chi connectivity index (χ2v) is 4.30. The number of rotatable bonds is 8. The molecule has 0 aromatic carbocycles. The molecule has 1 N–H and O–H groups in total. The largest absolute Gasteiger partial charge is 0.385 e. The Bertz CT molecular complexity index is 140. The van der Waals surface area contributed by atoms with E-state index in [1.165, 1.54) is 0 Å². The zero-order valence-electron chi connectivity index (χ0n) is 8.80. The summed E-state index contributed by atoms with van der Waals surface area (Å²) in [5.41, 5.74) is 0. The number of nitrogens with one attached hydrogen (secondary N) is 1. The Balaban J connectivity index is 1.72. The third kappa shape index (κ3) is 5.15. The van der Waals surface area contributed by atoms with Crippen LogP contribution in [0.1, 0.15) is 19.3 Å². The van der Waals surface area contributed by atoms with Gasteiger partial charge in [0.2, 0.25) is 0 Å². The fraction of sp³-hybridized carbons (Fsp3) is 1.00. The lowest BCUT2D eigenvalue weighted by Gasteiger charge is -2.31. The maximum absolute atomic E-state index is 5.86. The molecule has 0 unspecified atom stereocenters. The molecule has 0 saturated heterocycles. The highest BCUT2D eigenvalue weighted by atomic mass is 35.5. The molecule has 0 aliphatic heterocycles. The van der Waals surface area contributed by atoms with Crippen LogP contribution in [0, 0.1) is 0 Å². The molecule has 1 fully saturated rings. The summed E-state index contributed by atoms with van der Waals surface area (Å²) < 4.78 is 10.3. The molecule has 0 heterocycles. The summed E-state index contributed by atoms with van der Waals surface area (Å²) in [6.07, 6.45) is 3.18. The summed E-state index contributed by atoms with van der Waals surface area (Å²) in [4.78, 5) is 0. The first-order valence-electron chi connectivity index (χ1n) is 5.27. The van der Waals surface area contributed by atoms with Gasteiger partial charge in [0.1, 0.15) is 0 Å². The quantitative estimate of drug-likeness (QED) is 0.497. The van der Waals surface area contributed by atoms with E-state index in [1.807, 2.05) is 0 Å². The molecule has 0 radical (unpaired) electrons. The van der Waals surface area contributed by atoms with Gasteiger partial charge in [-0.1, -0.05) is 0 Å². The van der Waals surface area contributed by atoms with Crippen molar-refractivity contribution in [2.45, 2.75) is 30.7 Å². The normalized spacial score (nSPS) is 26.1. The van der Waals surface area contributed by atoms with Crippen LogP contribution < -0.4 is 5.32 Å². The molecule has 0 aromatic heterocycles. The molecule has 0 aromatic rings. The fourth-order valence-corrected chi connectivity index (χ4v) is 1.89. The van der Waals surface area contributed by atoms with Crippen molar-refractivity contribution in [3.05, 3.63) is 0 Å². The van der Waals surface area contributed by atoms with E-state index in [9.17, 15) is 0 Å². The number of alkyl halides is 1. The van der Waals surface area contributed by atoms with Crippen molar-refractivity contribution in [3.8, 4) is 0 Å². The molecule has 3 nitrogen and oxygen atoms in total. The Morgan fingerprint density at radius 2 is 2.07 bits per heavy atom. The number of hydrogen-bond donors (Lipinski definition) is 1. The summed E-state index contributed by atoms with van der Waals surface area (Å²) in [5.74, 6) is 0. The Morgan fingerprint density at radius 3 is 2.71 bits per heavy atom. The third-order valence-corrected chi connectivity index (χ3v) is 2.75. The second kappa shape index (κ2) is 7.46. The van der Waals surface area contributed by atoms with Crippen LogP contribution in [-0.2, 0) is 9.47 Å². The number of methoxy groups -OCH3 is 1. The Hall–Kier alpha value is 0.170. The first kappa shape index (κ1) is 12.2.